The van der Waals surface area contributed by atoms with E-state index < -0.39 is 9.05 Å². The summed E-state index contributed by atoms with van der Waals surface area (Å²) in [4.78, 5) is 0. The highest BCUT2D eigenvalue weighted by Gasteiger charge is 2.45. The Hall–Kier alpha value is 0.0169. The Morgan fingerprint density at radius 3 is 1.37 bits per heavy atom. The van der Waals surface area contributed by atoms with Crippen molar-refractivity contribution in [2.24, 2.45) is 0 Å². The molecule has 0 aliphatic rings. The minimum absolute atomic E-state index is 0.442. The number of hydrogen-bond donors (Lipinski definition) is 0. The second-order valence-electron chi connectivity index (χ2n) is 4.09. The van der Waals surface area contributed by atoms with Crippen LogP contribution in [0.5, 0.6) is 0 Å². The standard InChI is InChI=1S/C13H30O5Si/c1-5-9-15-19(16-10-6-2,17-11-7-3)18-13-12-14-8-4/h5-13H2,1-4H3. The first-order chi connectivity index (χ1) is 9.24. The van der Waals surface area contributed by atoms with E-state index in [1.54, 1.807) is 0 Å². The minimum Gasteiger partial charge on any atom is -0.379 e. The molecule has 6 heteroatoms. The summed E-state index contributed by atoms with van der Waals surface area (Å²) >= 11 is 0. The molecule has 0 saturated heterocycles. The maximum atomic E-state index is 5.79. The van der Waals surface area contributed by atoms with Gasteiger partial charge in [-0.05, 0) is 26.2 Å². The van der Waals surface area contributed by atoms with Crippen molar-refractivity contribution in [2.75, 3.05) is 39.6 Å². The van der Waals surface area contributed by atoms with Gasteiger partial charge in [0, 0.05) is 26.4 Å². The van der Waals surface area contributed by atoms with E-state index in [-0.39, 0.29) is 0 Å². The average Bonchev–Trinajstić information content (AvgIpc) is 2.44. The molecule has 0 radical (unpaired) electrons. The number of ether oxygens (including phenoxy) is 1. The van der Waals surface area contributed by atoms with E-state index in [1.807, 2.05) is 6.92 Å². The van der Waals surface area contributed by atoms with Crippen LogP contribution in [-0.2, 0) is 22.4 Å². The van der Waals surface area contributed by atoms with Crippen LogP contribution in [0.15, 0.2) is 0 Å². The molecule has 0 heterocycles. The van der Waals surface area contributed by atoms with Gasteiger partial charge in [0.2, 0.25) is 0 Å². The van der Waals surface area contributed by atoms with Crippen molar-refractivity contribution in [3.05, 3.63) is 0 Å². The Kier molecular flexibility index (Phi) is 13.0. The van der Waals surface area contributed by atoms with Crippen LogP contribution in [0.3, 0.4) is 0 Å². The molecule has 0 atom stereocenters. The number of rotatable bonds is 14. The lowest BCUT2D eigenvalue weighted by Crippen LogP contribution is -2.50. The SMILES string of the molecule is CCCO[Si](OCCC)(OCCC)OCCOCC. The van der Waals surface area contributed by atoms with Gasteiger partial charge in [-0.25, -0.2) is 0 Å². The predicted octanol–water partition coefficient (Wildman–Crippen LogP) is 2.75. The predicted molar refractivity (Wildman–Crippen MR) is 76.9 cm³/mol. The summed E-state index contributed by atoms with van der Waals surface area (Å²) in [6.45, 7) is 11.6. The maximum Gasteiger partial charge on any atom is 0.679 e. The molecular formula is C13H30O5Si. The Balaban J connectivity index is 4.38. The molecule has 0 rings (SSSR count). The summed E-state index contributed by atoms with van der Waals surface area (Å²) in [6.07, 6.45) is 2.73. The molecule has 0 bridgehead atoms. The minimum atomic E-state index is -2.99. The van der Waals surface area contributed by atoms with Crippen molar-refractivity contribution in [1.82, 2.24) is 0 Å². The van der Waals surface area contributed by atoms with Crippen molar-refractivity contribution in [3.8, 4) is 0 Å². The fourth-order valence-corrected chi connectivity index (χ4v) is 3.50. The first-order valence-electron chi connectivity index (χ1n) is 7.38. The highest BCUT2D eigenvalue weighted by molar-refractivity contribution is 6.53. The van der Waals surface area contributed by atoms with Gasteiger partial charge < -0.3 is 22.4 Å². The zero-order valence-electron chi connectivity index (χ0n) is 12.9. The molecule has 0 N–H and O–H groups in total. The molecule has 0 saturated carbocycles. The third-order valence-electron chi connectivity index (χ3n) is 2.16. The third-order valence-corrected chi connectivity index (χ3v) is 4.39. The van der Waals surface area contributed by atoms with Crippen LogP contribution in [0.4, 0.5) is 0 Å². The van der Waals surface area contributed by atoms with Gasteiger partial charge in [0.1, 0.15) is 0 Å². The molecule has 0 aliphatic heterocycles. The second-order valence-corrected chi connectivity index (χ2v) is 6.25. The lowest BCUT2D eigenvalue weighted by atomic mass is 10.5. The Morgan fingerprint density at radius 2 is 1.00 bits per heavy atom. The van der Waals surface area contributed by atoms with E-state index in [2.05, 4.69) is 20.8 Å². The average molecular weight is 294 g/mol. The Morgan fingerprint density at radius 1 is 0.579 bits per heavy atom. The molecule has 0 aromatic carbocycles. The molecule has 116 valence electrons. The van der Waals surface area contributed by atoms with Crippen LogP contribution >= 0.6 is 0 Å². The summed E-state index contributed by atoms with van der Waals surface area (Å²) in [7, 11) is -2.99. The second kappa shape index (κ2) is 13.0. The largest absolute Gasteiger partial charge is 0.679 e. The van der Waals surface area contributed by atoms with Gasteiger partial charge in [-0.2, -0.15) is 0 Å². The molecule has 0 spiro atoms. The van der Waals surface area contributed by atoms with Gasteiger partial charge in [-0.3, -0.25) is 0 Å². The monoisotopic (exact) mass is 294 g/mol. The van der Waals surface area contributed by atoms with Gasteiger partial charge in [0.05, 0.1) is 13.2 Å². The smallest absolute Gasteiger partial charge is 0.379 e. The Bertz CT molecular complexity index is 170. The molecule has 0 aromatic heterocycles. The van der Waals surface area contributed by atoms with E-state index in [4.69, 9.17) is 22.4 Å². The highest BCUT2D eigenvalue weighted by Crippen LogP contribution is 2.13. The first-order valence-corrected chi connectivity index (χ1v) is 9.01. The van der Waals surface area contributed by atoms with Crippen LogP contribution in [0, 0.1) is 0 Å². The van der Waals surface area contributed by atoms with E-state index in [1.165, 1.54) is 0 Å². The third kappa shape index (κ3) is 9.54. The molecule has 0 aromatic rings. The van der Waals surface area contributed by atoms with Gasteiger partial charge in [0.15, 0.2) is 0 Å². The lowest BCUT2D eigenvalue weighted by Gasteiger charge is -2.27. The fourth-order valence-electron chi connectivity index (χ4n) is 1.30. The van der Waals surface area contributed by atoms with Crippen LogP contribution in [0.1, 0.15) is 47.0 Å². The quantitative estimate of drug-likeness (QED) is 0.364. The van der Waals surface area contributed by atoms with Crippen molar-refractivity contribution in [1.29, 1.82) is 0 Å². The first kappa shape index (κ1) is 19.0. The molecule has 0 amide bonds. The molecule has 0 unspecified atom stereocenters. The van der Waals surface area contributed by atoms with E-state index >= 15 is 0 Å². The zero-order chi connectivity index (χ0) is 14.4. The molecule has 0 fully saturated rings. The van der Waals surface area contributed by atoms with Crippen molar-refractivity contribution in [3.63, 3.8) is 0 Å². The molecule has 19 heavy (non-hydrogen) atoms. The maximum absolute atomic E-state index is 5.79. The van der Waals surface area contributed by atoms with Crippen molar-refractivity contribution >= 4 is 9.05 Å². The highest BCUT2D eigenvalue weighted by atomic mass is 28.4. The van der Waals surface area contributed by atoms with Crippen LogP contribution in [-0.4, -0.2) is 48.7 Å². The van der Waals surface area contributed by atoms with E-state index in [0.717, 1.165) is 19.3 Å². The zero-order valence-corrected chi connectivity index (χ0v) is 13.9. The fraction of sp³-hybridized carbons (Fsp3) is 1.00. The van der Waals surface area contributed by atoms with Gasteiger partial charge in [-0.15, -0.1) is 0 Å². The van der Waals surface area contributed by atoms with Gasteiger partial charge >= 0.3 is 9.05 Å². The van der Waals surface area contributed by atoms with Crippen LogP contribution in [0.2, 0.25) is 0 Å². The lowest BCUT2D eigenvalue weighted by molar-refractivity contribution is -0.0449. The summed E-state index contributed by atoms with van der Waals surface area (Å²) in [6, 6.07) is 0. The topological polar surface area (TPSA) is 46.2 Å². The molecule has 5 nitrogen and oxygen atoms in total. The van der Waals surface area contributed by atoms with Gasteiger partial charge in [-0.1, -0.05) is 20.8 Å². The van der Waals surface area contributed by atoms with Gasteiger partial charge in [0.25, 0.3) is 0 Å². The summed E-state index contributed by atoms with van der Waals surface area (Å²) in [5.41, 5.74) is 0. The van der Waals surface area contributed by atoms with E-state index in [0.29, 0.717) is 39.6 Å². The Labute approximate surface area is 119 Å². The normalized spacial score (nSPS) is 12.0. The van der Waals surface area contributed by atoms with Crippen LogP contribution < -0.4 is 0 Å². The van der Waals surface area contributed by atoms with E-state index in [9.17, 15) is 0 Å². The van der Waals surface area contributed by atoms with Crippen molar-refractivity contribution in [2.45, 2.75) is 47.0 Å². The summed E-state index contributed by atoms with van der Waals surface area (Å²) < 4.78 is 28.4. The summed E-state index contributed by atoms with van der Waals surface area (Å²) in [5.74, 6) is 0. The summed E-state index contributed by atoms with van der Waals surface area (Å²) in [5, 5.41) is 0. The van der Waals surface area contributed by atoms with Crippen LogP contribution in [0.25, 0.3) is 0 Å². The van der Waals surface area contributed by atoms with Crippen molar-refractivity contribution < 1.29 is 22.4 Å². The number of hydrogen-bond acceptors (Lipinski definition) is 5. The molecular weight excluding hydrogens is 264 g/mol. The molecule has 0 aliphatic carbocycles.